The molecule has 1 heterocycles. The SMILES string of the molecule is CN(C)C1=CC(C(=O)O)=NC2CCCCC12. The smallest absolute Gasteiger partial charge is 0.354 e. The first-order chi connectivity index (χ1) is 7.59. The molecule has 1 saturated carbocycles. The zero-order chi connectivity index (χ0) is 11.7. The molecular weight excluding hydrogens is 204 g/mol. The molecule has 1 aliphatic heterocycles. The third-order valence-corrected chi connectivity index (χ3v) is 3.43. The summed E-state index contributed by atoms with van der Waals surface area (Å²) >= 11 is 0. The van der Waals surface area contributed by atoms with Crippen LogP contribution in [0.3, 0.4) is 0 Å². The highest BCUT2D eigenvalue weighted by Gasteiger charge is 2.33. The van der Waals surface area contributed by atoms with Gasteiger partial charge in [0.25, 0.3) is 0 Å². The number of dihydropyridines is 1. The van der Waals surface area contributed by atoms with E-state index in [-0.39, 0.29) is 11.8 Å². The molecule has 88 valence electrons. The summed E-state index contributed by atoms with van der Waals surface area (Å²) in [7, 11) is 3.95. The van der Waals surface area contributed by atoms with Gasteiger partial charge in [-0.3, -0.25) is 4.99 Å². The summed E-state index contributed by atoms with van der Waals surface area (Å²) < 4.78 is 0. The number of carboxylic acid groups (broad SMARTS) is 1. The molecule has 1 N–H and O–H groups in total. The summed E-state index contributed by atoms with van der Waals surface area (Å²) in [6.07, 6.45) is 6.27. The van der Waals surface area contributed by atoms with E-state index in [1.165, 1.54) is 6.42 Å². The van der Waals surface area contributed by atoms with E-state index in [0.717, 1.165) is 25.0 Å². The number of fused-ring (bicyclic) bond motifs is 1. The molecule has 0 bridgehead atoms. The van der Waals surface area contributed by atoms with E-state index in [1.54, 1.807) is 6.08 Å². The van der Waals surface area contributed by atoms with Gasteiger partial charge in [-0.2, -0.15) is 0 Å². The molecule has 1 aliphatic carbocycles. The van der Waals surface area contributed by atoms with Crippen molar-refractivity contribution >= 4 is 11.7 Å². The second kappa shape index (κ2) is 4.28. The van der Waals surface area contributed by atoms with Gasteiger partial charge in [0.15, 0.2) is 0 Å². The second-order valence-corrected chi connectivity index (χ2v) is 4.74. The summed E-state index contributed by atoms with van der Waals surface area (Å²) in [5.74, 6) is -0.491. The Morgan fingerprint density at radius 2 is 2.12 bits per heavy atom. The molecule has 1 fully saturated rings. The summed E-state index contributed by atoms with van der Waals surface area (Å²) in [5.41, 5.74) is 1.34. The molecule has 2 unspecified atom stereocenters. The van der Waals surface area contributed by atoms with Crippen LogP contribution in [0.4, 0.5) is 0 Å². The second-order valence-electron chi connectivity index (χ2n) is 4.74. The average Bonchev–Trinajstić information content (AvgIpc) is 2.27. The lowest BCUT2D eigenvalue weighted by Gasteiger charge is -2.36. The van der Waals surface area contributed by atoms with Gasteiger partial charge in [0.2, 0.25) is 0 Å². The van der Waals surface area contributed by atoms with Crippen molar-refractivity contribution in [2.75, 3.05) is 14.1 Å². The van der Waals surface area contributed by atoms with E-state index in [9.17, 15) is 4.79 Å². The van der Waals surface area contributed by atoms with Crippen LogP contribution in [0.25, 0.3) is 0 Å². The molecule has 0 aromatic rings. The quantitative estimate of drug-likeness (QED) is 0.771. The molecule has 0 aromatic carbocycles. The molecule has 0 spiro atoms. The molecule has 16 heavy (non-hydrogen) atoms. The van der Waals surface area contributed by atoms with Gasteiger partial charge in [0.1, 0.15) is 5.71 Å². The van der Waals surface area contributed by atoms with Crippen LogP contribution in [0.15, 0.2) is 16.8 Å². The van der Waals surface area contributed by atoms with Crippen LogP contribution in [0.5, 0.6) is 0 Å². The minimum atomic E-state index is -0.914. The fourth-order valence-corrected chi connectivity index (χ4v) is 2.65. The van der Waals surface area contributed by atoms with Gasteiger partial charge in [-0.25, -0.2) is 4.79 Å². The van der Waals surface area contributed by atoms with E-state index in [1.807, 2.05) is 19.0 Å². The van der Waals surface area contributed by atoms with E-state index in [0.29, 0.717) is 5.92 Å². The van der Waals surface area contributed by atoms with E-state index >= 15 is 0 Å². The summed E-state index contributed by atoms with van der Waals surface area (Å²) in [6, 6.07) is 0.183. The molecule has 2 atom stereocenters. The molecule has 4 nitrogen and oxygen atoms in total. The molecule has 0 saturated heterocycles. The van der Waals surface area contributed by atoms with Gasteiger partial charge in [-0.15, -0.1) is 0 Å². The minimum Gasteiger partial charge on any atom is -0.477 e. The Labute approximate surface area is 95.7 Å². The number of carboxylic acids is 1. The highest BCUT2D eigenvalue weighted by Crippen LogP contribution is 2.35. The van der Waals surface area contributed by atoms with Gasteiger partial charge in [-0.1, -0.05) is 12.8 Å². The zero-order valence-corrected chi connectivity index (χ0v) is 9.81. The van der Waals surface area contributed by atoms with Gasteiger partial charge >= 0.3 is 5.97 Å². The number of aliphatic carboxylic acids is 1. The van der Waals surface area contributed by atoms with Crippen molar-refractivity contribution in [2.24, 2.45) is 10.9 Å². The number of aliphatic imine (C=N–C) groups is 1. The number of carbonyl (C=O) groups is 1. The predicted molar refractivity (Wildman–Crippen MR) is 62.6 cm³/mol. The van der Waals surface area contributed by atoms with Crippen LogP contribution in [0, 0.1) is 5.92 Å². The number of hydrogen-bond donors (Lipinski definition) is 1. The van der Waals surface area contributed by atoms with Crippen molar-refractivity contribution in [1.82, 2.24) is 4.90 Å². The molecule has 0 aromatic heterocycles. The molecule has 0 amide bonds. The first-order valence-corrected chi connectivity index (χ1v) is 5.79. The molecular formula is C12H18N2O2. The van der Waals surface area contributed by atoms with Crippen molar-refractivity contribution < 1.29 is 9.90 Å². The summed E-state index contributed by atoms with van der Waals surface area (Å²) in [4.78, 5) is 17.4. The maximum atomic E-state index is 11.0. The fourth-order valence-electron chi connectivity index (χ4n) is 2.65. The third kappa shape index (κ3) is 1.96. The Kier molecular flexibility index (Phi) is 2.99. The monoisotopic (exact) mass is 222 g/mol. The Bertz CT molecular complexity index is 358. The third-order valence-electron chi connectivity index (χ3n) is 3.43. The Morgan fingerprint density at radius 3 is 2.75 bits per heavy atom. The standard InChI is InChI=1S/C12H18N2O2/c1-14(2)11-7-10(12(15)16)13-9-6-4-3-5-8(9)11/h7-9H,3-6H2,1-2H3,(H,15,16). The van der Waals surface area contributed by atoms with Crippen molar-refractivity contribution in [1.29, 1.82) is 0 Å². The number of rotatable bonds is 2. The number of nitrogens with zero attached hydrogens (tertiary/aromatic N) is 2. The largest absolute Gasteiger partial charge is 0.477 e. The van der Waals surface area contributed by atoms with Crippen LogP contribution in [0.2, 0.25) is 0 Å². The average molecular weight is 222 g/mol. The first-order valence-electron chi connectivity index (χ1n) is 5.79. The normalized spacial score (nSPS) is 28.9. The Balaban J connectivity index is 2.32. The van der Waals surface area contributed by atoms with Crippen LogP contribution in [-0.4, -0.2) is 41.8 Å². The van der Waals surface area contributed by atoms with Crippen LogP contribution >= 0.6 is 0 Å². The summed E-state index contributed by atoms with van der Waals surface area (Å²) in [6.45, 7) is 0. The zero-order valence-electron chi connectivity index (χ0n) is 9.81. The van der Waals surface area contributed by atoms with Gasteiger partial charge < -0.3 is 10.0 Å². The van der Waals surface area contributed by atoms with E-state index in [4.69, 9.17) is 5.11 Å². The minimum absolute atomic E-state index is 0.183. The van der Waals surface area contributed by atoms with Gasteiger partial charge in [0, 0.05) is 25.7 Å². The molecule has 2 aliphatic rings. The maximum absolute atomic E-state index is 11.0. The van der Waals surface area contributed by atoms with Crippen molar-refractivity contribution in [3.63, 3.8) is 0 Å². The van der Waals surface area contributed by atoms with Crippen molar-refractivity contribution in [3.05, 3.63) is 11.8 Å². The topological polar surface area (TPSA) is 52.9 Å². The Morgan fingerprint density at radius 1 is 1.44 bits per heavy atom. The van der Waals surface area contributed by atoms with Crippen LogP contribution < -0.4 is 0 Å². The Hall–Kier alpha value is -1.32. The highest BCUT2D eigenvalue weighted by atomic mass is 16.4. The van der Waals surface area contributed by atoms with E-state index < -0.39 is 5.97 Å². The van der Waals surface area contributed by atoms with Crippen LogP contribution in [-0.2, 0) is 4.79 Å². The van der Waals surface area contributed by atoms with Crippen molar-refractivity contribution in [2.45, 2.75) is 31.7 Å². The number of hydrogen-bond acceptors (Lipinski definition) is 3. The van der Waals surface area contributed by atoms with E-state index in [2.05, 4.69) is 4.99 Å². The lowest BCUT2D eigenvalue weighted by Crippen LogP contribution is -2.36. The van der Waals surface area contributed by atoms with Crippen molar-refractivity contribution in [3.8, 4) is 0 Å². The summed E-state index contributed by atoms with van der Waals surface area (Å²) in [5, 5.41) is 9.03. The molecule has 4 heteroatoms. The highest BCUT2D eigenvalue weighted by molar-refractivity contribution is 6.40. The van der Waals surface area contributed by atoms with Gasteiger partial charge in [-0.05, 0) is 18.9 Å². The van der Waals surface area contributed by atoms with Crippen LogP contribution in [0.1, 0.15) is 25.7 Å². The first kappa shape index (κ1) is 11.2. The molecule has 0 radical (unpaired) electrons. The van der Waals surface area contributed by atoms with Gasteiger partial charge in [0.05, 0.1) is 6.04 Å². The lowest BCUT2D eigenvalue weighted by atomic mass is 9.80. The lowest BCUT2D eigenvalue weighted by molar-refractivity contribution is -0.129. The molecule has 2 rings (SSSR count). The predicted octanol–water partition coefficient (Wildman–Crippen LogP) is 1.53. The fraction of sp³-hybridized carbons (Fsp3) is 0.667. The maximum Gasteiger partial charge on any atom is 0.354 e.